The molecule has 9 nitrogen and oxygen atoms in total. The summed E-state index contributed by atoms with van der Waals surface area (Å²) in [5, 5.41) is 7.23. The number of anilines is 1. The number of pyridine rings is 1. The van der Waals surface area contributed by atoms with E-state index in [9.17, 15) is 18.0 Å². The second-order valence-corrected chi connectivity index (χ2v) is 9.24. The number of imidazole rings is 1. The summed E-state index contributed by atoms with van der Waals surface area (Å²) in [6.07, 6.45) is 4.91. The molecule has 3 aromatic rings. The lowest BCUT2D eigenvalue weighted by molar-refractivity contribution is -0.112. The first-order valence-electron chi connectivity index (χ1n) is 11.5. The molecule has 2 aromatic heterocycles. The highest BCUT2D eigenvalue weighted by atomic mass is 19.3. The molecule has 2 heterocycles. The smallest absolute Gasteiger partial charge is 0.259 e. The number of hydrogen-bond donors (Lipinski definition) is 3. The van der Waals surface area contributed by atoms with Gasteiger partial charge in [-0.25, -0.2) is 29.0 Å². The van der Waals surface area contributed by atoms with Crippen LogP contribution in [0.3, 0.4) is 0 Å². The highest BCUT2D eigenvalue weighted by molar-refractivity contribution is 6.05. The standard InChI is InChI=1S/C24H25F3N8O.H2/c1-13-7-17(25)16(8-20(13)34-11-19(30-12-34)14-5-6-14)23(36)32-21-4-2-3-18(31-21)22(33-28)35(29)15-9-24(26,27)10-15;/h2-4,7-8,11-12,14-15H,5-6,9-10,28-29H2,1H3,(H,31,32,36);1H/b33-22-;. The van der Waals surface area contributed by atoms with Gasteiger partial charge in [0.15, 0.2) is 5.84 Å². The number of aromatic nitrogens is 3. The Morgan fingerprint density at radius 1 is 1.31 bits per heavy atom. The number of hydrazone groups is 1. The average molecular weight is 501 g/mol. The second kappa shape index (κ2) is 8.94. The van der Waals surface area contributed by atoms with Gasteiger partial charge in [0.25, 0.3) is 11.8 Å². The number of rotatable bonds is 6. The van der Waals surface area contributed by atoms with Crippen LogP contribution >= 0.6 is 0 Å². The summed E-state index contributed by atoms with van der Waals surface area (Å²) < 4.78 is 43.1. The number of amides is 1. The minimum Gasteiger partial charge on any atom is -0.321 e. The third-order valence-corrected chi connectivity index (χ3v) is 6.46. The van der Waals surface area contributed by atoms with Crippen LogP contribution in [0, 0.1) is 12.7 Å². The maximum Gasteiger partial charge on any atom is 0.259 e. The van der Waals surface area contributed by atoms with E-state index in [-0.39, 0.29) is 24.3 Å². The van der Waals surface area contributed by atoms with Gasteiger partial charge in [-0.05, 0) is 49.6 Å². The Morgan fingerprint density at radius 2 is 2.06 bits per heavy atom. The lowest BCUT2D eigenvalue weighted by atomic mass is 9.87. The number of aryl methyl sites for hydroxylation is 1. The van der Waals surface area contributed by atoms with Crippen LogP contribution in [0.4, 0.5) is 19.0 Å². The Morgan fingerprint density at radius 3 is 2.72 bits per heavy atom. The van der Waals surface area contributed by atoms with Gasteiger partial charge in [0.05, 0.1) is 29.3 Å². The molecule has 36 heavy (non-hydrogen) atoms. The molecular formula is C24H27F3N8O. The molecule has 190 valence electrons. The number of carbonyl (C=O) groups is 1. The van der Waals surface area contributed by atoms with Crippen molar-refractivity contribution in [1.29, 1.82) is 0 Å². The zero-order valence-corrected chi connectivity index (χ0v) is 19.5. The zero-order valence-electron chi connectivity index (χ0n) is 19.5. The molecule has 0 saturated heterocycles. The molecule has 0 radical (unpaired) electrons. The van der Waals surface area contributed by atoms with Crippen LogP contribution in [0.15, 0.2) is 48.0 Å². The van der Waals surface area contributed by atoms with Crippen LogP contribution in [0.5, 0.6) is 0 Å². The highest BCUT2D eigenvalue weighted by Gasteiger charge is 2.48. The minimum absolute atomic E-state index is 0. The molecule has 0 atom stereocenters. The van der Waals surface area contributed by atoms with Crippen molar-refractivity contribution in [3.8, 4) is 5.69 Å². The van der Waals surface area contributed by atoms with Gasteiger partial charge in [0.2, 0.25) is 0 Å². The number of hydrogen-bond acceptors (Lipinski definition) is 6. The largest absolute Gasteiger partial charge is 0.321 e. The molecule has 12 heteroatoms. The number of nitrogens with one attached hydrogen (secondary N) is 1. The van der Waals surface area contributed by atoms with Crippen molar-refractivity contribution >= 4 is 17.6 Å². The zero-order chi connectivity index (χ0) is 25.6. The Kier molecular flexibility index (Phi) is 5.91. The summed E-state index contributed by atoms with van der Waals surface area (Å²) in [6.45, 7) is 1.76. The molecule has 1 amide bonds. The van der Waals surface area contributed by atoms with E-state index in [1.165, 1.54) is 24.3 Å². The van der Waals surface area contributed by atoms with Crippen LogP contribution in [0.1, 0.15) is 60.3 Å². The average Bonchev–Trinajstić information content (AvgIpc) is 3.55. The number of nitrogens with two attached hydrogens (primary N) is 2. The van der Waals surface area contributed by atoms with Crippen molar-refractivity contribution < 1.29 is 19.4 Å². The number of benzene rings is 1. The lowest BCUT2D eigenvalue weighted by Gasteiger charge is -2.40. The Bertz CT molecular complexity index is 1350. The van der Waals surface area contributed by atoms with E-state index in [1.807, 2.05) is 6.20 Å². The van der Waals surface area contributed by atoms with Gasteiger partial charge in [0.1, 0.15) is 17.3 Å². The van der Waals surface area contributed by atoms with Crippen molar-refractivity contribution in [2.24, 2.45) is 16.8 Å². The van der Waals surface area contributed by atoms with Crippen molar-refractivity contribution in [3.05, 3.63) is 71.2 Å². The fourth-order valence-electron chi connectivity index (χ4n) is 4.25. The van der Waals surface area contributed by atoms with Gasteiger partial charge in [0, 0.05) is 26.4 Å². The molecule has 0 unspecified atom stereocenters. The SMILES string of the molecule is Cc1cc(F)c(C(=O)Nc2cccc(/C(=N/N)N(N)C3CC(F)(F)C3)n2)cc1-n1cnc(C2CC2)c1.[HH]. The number of hydrazine groups is 1. The second-order valence-electron chi connectivity index (χ2n) is 9.24. The third-order valence-electron chi connectivity index (χ3n) is 6.46. The van der Waals surface area contributed by atoms with Crippen molar-refractivity contribution in [2.75, 3.05) is 5.32 Å². The van der Waals surface area contributed by atoms with E-state index in [0.29, 0.717) is 17.2 Å². The number of halogens is 3. The summed E-state index contributed by atoms with van der Waals surface area (Å²) in [7, 11) is 0. The molecule has 5 rings (SSSR count). The maximum atomic E-state index is 14.8. The molecule has 1 aromatic carbocycles. The lowest BCUT2D eigenvalue weighted by Crippen LogP contribution is -2.56. The molecule has 0 spiro atoms. The van der Waals surface area contributed by atoms with Crippen molar-refractivity contribution in [2.45, 2.75) is 50.5 Å². The first-order chi connectivity index (χ1) is 17.1. The molecule has 2 fully saturated rings. The molecule has 0 bridgehead atoms. The van der Waals surface area contributed by atoms with Gasteiger partial charge in [-0.3, -0.25) is 9.80 Å². The van der Waals surface area contributed by atoms with Crippen molar-refractivity contribution in [3.63, 3.8) is 0 Å². The van der Waals surface area contributed by atoms with Gasteiger partial charge in [-0.15, -0.1) is 0 Å². The van der Waals surface area contributed by atoms with Crippen LogP contribution < -0.4 is 17.0 Å². The van der Waals surface area contributed by atoms with Crippen molar-refractivity contribution in [1.82, 2.24) is 19.5 Å². The molecule has 2 saturated carbocycles. The summed E-state index contributed by atoms with van der Waals surface area (Å²) >= 11 is 0. The number of amidine groups is 1. The Balaban J connectivity index is 0.00000320. The van der Waals surface area contributed by atoms with Crippen LogP contribution in [-0.4, -0.2) is 43.3 Å². The molecule has 0 aliphatic heterocycles. The summed E-state index contributed by atoms with van der Waals surface area (Å²) in [5.74, 6) is 7.78. The predicted octanol–water partition coefficient (Wildman–Crippen LogP) is 3.68. The molecule has 2 aliphatic carbocycles. The minimum atomic E-state index is -2.78. The van der Waals surface area contributed by atoms with Crippen LogP contribution in [0.25, 0.3) is 5.69 Å². The van der Waals surface area contributed by atoms with E-state index in [1.54, 1.807) is 23.9 Å². The van der Waals surface area contributed by atoms with Crippen LogP contribution in [0.2, 0.25) is 0 Å². The van der Waals surface area contributed by atoms with Gasteiger partial charge in [-0.2, -0.15) is 5.10 Å². The van der Waals surface area contributed by atoms with E-state index >= 15 is 0 Å². The first-order valence-corrected chi connectivity index (χ1v) is 11.5. The third kappa shape index (κ3) is 4.63. The summed E-state index contributed by atoms with van der Waals surface area (Å²) in [4.78, 5) is 21.7. The summed E-state index contributed by atoms with van der Waals surface area (Å²) in [6, 6.07) is 6.70. The maximum absolute atomic E-state index is 14.8. The van der Waals surface area contributed by atoms with E-state index in [4.69, 9.17) is 11.7 Å². The van der Waals surface area contributed by atoms with Gasteiger partial charge < -0.3 is 15.7 Å². The Labute approximate surface area is 206 Å². The van der Waals surface area contributed by atoms with Gasteiger partial charge in [-0.1, -0.05) is 6.07 Å². The molecular weight excluding hydrogens is 473 g/mol. The fourth-order valence-corrected chi connectivity index (χ4v) is 4.25. The van der Waals surface area contributed by atoms with E-state index in [0.717, 1.165) is 23.5 Å². The molecule has 2 aliphatic rings. The van der Waals surface area contributed by atoms with E-state index in [2.05, 4.69) is 20.4 Å². The monoisotopic (exact) mass is 500 g/mol. The number of alkyl halides is 2. The first kappa shape index (κ1) is 23.8. The fraction of sp³-hybridized carbons (Fsp3) is 0.333. The van der Waals surface area contributed by atoms with Gasteiger partial charge >= 0.3 is 0 Å². The van der Waals surface area contributed by atoms with E-state index < -0.39 is 36.5 Å². The topological polar surface area (TPSA) is 127 Å². The number of carbonyl (C=O) groups excluding carboxylic acids is 1. The highest BCUT2D eigenvalue weighted by Crippen LogP contribution is 2.40. The Hall–Kier alpha value is -3.93. The molecule has 5 N–H and O–H groups in total. The van der Waals surface area contributed by atoms with Crippen LogP contribution in [-0.2, 0) is 0 Å². The normalized spacial score (nSPS) is 17.5. The summed E-state index contributed by atoms with van der Waals surface area (Å²) in [5.41, 5.74) is 2.26. The number of nitrogens with zero attached hydrogens (tertiary/aromatic N) is 5. The predicted molar refractivity (Wildman–Crippen MR) is 129 cm³/mol. The quantitative estimate of drug-likeness (QED) is 0.205.